The molecule has 1 N–H and O–H groups in total. The minimum atomic E-state index is -0.231. The van der Waals surface area contributed by atoms with E-state index < -0.39 is 0 Å². The molecule has 0 saturated carbocycles. The van der Waals surface area contributed by atoms with E-state index in [9.17, 15) is 4.39 Å². The van der Waals surface area contributed by atoms with Gasteiger partial charge in [-0.15, -0.1) is 6.58 Å². The summed E-state index contributed by atoms with van der Waals surface area (Å²) in [5.41, 5.74) is 1.04. The fourth-order valence-corrected chi connectivity index (χ4v) is 2.27. The monoisotopic (exact) mass is 315 g/mol. The molecule has 18 heavy (non-hydrogen) atoms. The first-order chi connectivity index (χ1) is 8.65. The van der Waals surface area contributed by atoms with Crippen molar-refractivity contribution in [1.29, 1.82) is 0 Å². The molecule has 1 aromatic carbocycles. The lowest BCUT2D eigenvalue weighted by molar-refractivity contribution is 0.138. The molecule has 4 heteroatoms. The van der Waals surface area contributed by atoms with Crippen LogP contribution in [0.25, 0.3) is 0 Å². The number of rotatable bonds is 8. The highest BCUT2D eigenvalue weighted by Crippen LogP contribution is 2.23. The van der Waals surface area contributed by atoms with Gasteiger partial charge in [0.15, 0.2) is 0 Å². The molecule has 0 bridgehead atoms. The van der Waals surface area contributed by atoms with Crippen LogP contribution in [0.15, 0.2) is 35.3 Å². The molecule has 0 aromatic heterocycles. The topological polar surface area (TPSA) is 21.3 Å². The number of ether oxygens (including phenoxy) is 1. The third-order valence-corrected chi connectivity index (χ3v) is 3.28. The first kappa shape index (κ1) is 15.3. The van der Waals surface area contributed by atoms with E-state index in [4.69, 9.17) is 4.74 Å². The Hall–Kier alpha value is -0.710. The molecule has 0 aliphatic carbocycles. The molecule has 0 saturated heterocycles. The van der Waals surface area contributed by atoms with E-state index in [-0.39, 0.29) is 11.9 Å². The Morgan fingerprint density at radius 2 is 2.28 bits per heavy atom. The zero-order valence-corrected chi connectivity index (χ0v) is 12.2. The second-order valence-electron chi connectivity index (χ2n) is 4.03. The molecule has 0 aliphatic heterocycles. The van der Waals surface area contributed by atoms with Crippen LogP contribution in [0.1, 0.15) is 24.9 Å². The number of nitrogens with one attached hydrogen (secondary N) is 1. The van der Waals surface area contributed by atoms with Crippen LogP contribution < -0.4 is 5.32 Å². The van der Waals surface area contributed by atoms with Crippen LogP contribution in [0, 0.1) is 5.82 Å². The maximum atomic E-state index is 13.0. The highest BCUT2D eigenvalue weighted by atomic mass is 79.9. The Labute approximate surface area is 116 Å². The average Bonchev–Trinajstić information content (AvgIpc) is 2.33. The Kier molecular flexibility index (Phi) is 7.16. The van der Waals surface area contributed by atoms with Crippen molar-refractivity contribution in [3.63, 3.8) is 0 Å². The lowest BCUT2D eigenvalue weighted by Crippen LogP contribution is -2.23. The minimum Gasteiger partial charge on any atom is -0.380 e. The SMILES string of the molecule is C=CCCOCCNC(C)c1ccc(F)cc1Br. The predicted molar refractivity (Wildman–Crippen MR) is 76.2 cm³/mol. The quantitative estimate of drug-likeness (QED) is 0.581. The van der Waals surface area contributed by atoms with Crippen LogP contribution >= 0.6 is 15.9 Å². The van der Waals surface area contributed by atoms with Gasteiger partial charge >= 0.3 is 0 Å². The highest BCUT2D eigenvalue weighted by molar-refractivity contribution is 9.10. The van der Waals surface area contributed by atoms with Crippen molar-refractivity contribution >= 4 is 15.9 Å². The van der Waals surface area contributed by atoms with E-state index in [0.717, 1.165) is 23.0 Å². The molecule has 0 spiro atoms. The molecular weight excluding hydrogens is 297 g/mol. The van der Waals surface area contributed by atoms with Gasteiger partial charge in [0, 0.05) is 17.1 Å². The van der Waals surface area contributed by atoms with Gasteiger partial charge in [0.05, 0.1) is 13.2 Å². The van der Waals surface area contributed by atoms with E-state index in [1.807, 2.05) is 13.0 Å². The molecular formula is C14H19BrFNO. The zero-order chi connectivity index (χ0) is 13.4. The van der Waals surface area contributed by atoms with Crippen molar-refractivity contribution in [2.45, 2.75) is 19.4 Å². The number of hydrogen-bond acceptors (Lipinski definition) is 2. The van der Waals surface area contributed by atoms with Crippen LogP contribution in [0.5, 0.6) is 0 Å². The van der Waals surface area contributed by atoms with Crippen molar-refractivity contribution in [1.82, 2.24) is 5.32 Å². The standard InChI is InChI=1S/C14H19BrFNO/c1-3-4-8-18-9-7-17-11(2)13-6-5-12(16)10-14(13)15/h3,5-6,10-11,17H,1,4,7-9H2,2H3. The van der Waals surface area contributed by atoms with Gasteiger partial charge in [-0.25, -0.2) is 4.39 Å². The molecule has 0 radical (unpaired) electrons. The first-order valence-electron chi connectivity index (χ1n) is 6.02. The Morgan fingerprint density at radius 1 is 1.50 bits per heavy atom. The zero-order valence-electron chi connectivity index (χ0n) is 10.6. The van der Waals surface area contributed by atoms with Crippen molar-refractivity contribution in [2.75, 3.05) is 19.8 Å². The van der Waals surface area contributed by atoms with E-state index >= 15 is 0 Å². The van der Waals surface area contributed by atoms with E-state index in [0.29, 0.717) is 13.2 Å². The summed E-state index contributed by atoms with van der Waals surface area (Å²) < 4.78 is 19.1. The van der Waals surface area contributed by atoms with E-state index in [2.05, 4.69) is 27.8 Å². The molecule has 1 unspecified atom stereocenters. The van der Waals surface area contributed by atoms with Crippen LogP contribution in [-0.2, 0) is 4.74 Å². The summed E-state index contributed by atoms with van der Waals surface area (Å²) in [6, 6.07) is 4.89. The molecule has 0 aliphatic rings. The van der Waals surface area contributed by atoms with E-state index in [1.54, 1.807) is 6.07 Å². The summed E-state index contributed by atoms with van der Waals surface area (Å²) in [5.74, 6) is -0.231. The van der Waals surface area contributed by atoms with Gasteiger partial charge < -0.3 is 10.1 Å². The molecule has 1 aromatic rings. The summed E-state index contributed by atoms with van der Waals surface area (Å²) in [7, 11) is 0. The predicted octanol–water partition coefficient (Wildman–Crippen LogP) is 3.83. The van der Waals surface area contributed by atoms with Gasteiger partial charge in [-0.3, -0.25) is 0 Å². The third kappa shape index (κ3) is 5.29. The summed E-state index contributed by atoms with van der Waals surface area (Å²) >= 11 is 3.37. The summed E-state index contributed by atoms with van der Waals surface area (Å²) in [6.07, 6.45) is 2.71. The normalized spacial score (nSPS) is 12.4. The van der Waals surface area contributed by atoms with Crippen LogP contribution in [0.2, 0.25) is 0 Å². The minimum absolute atomic E-state index is 0.156. The molecule has 2 nitrogen and oxygen atoms in total. The first-order valence-corrected chi connectivity index (χ1v) is 6.81. The van der Waals surface area contributed by atoms with Gasteiger partial charge in [0.25, 0.3) is 0 Å². The third-order valence-electron chi connectivity index (χ3n) is 2.59. The van der Waals surface area contributed by atoms with Gasteiger partial charge in [0.2, 0.25) is 0 Å². The largest absolute Gasteiger partial charge is 0.380 e. The molecule has 1 rings (SSSR count). The van der Waals surface area contributed by atoms with Crippen LogP contribution in [0.4, 0.5) is 4.39 Å². The van der Waals surface area contributed by atoms with Crippen molar-refractivity contribution in [3.05, 3.63) is 46.7 Å². The lowest BCUT2D eigenvalue weighted by atomic mass is 10.1. The average molecular weight is 316 g/mol. The number of halogens is 2. The molecule has 1 atom stereocenters. The molecule has 0 fully saturated rings. The summed E-state index contributed by atoms with van der Waals surface area (Å²) in [5, 5.41) is 3.33. The fraction of sp³-hybridized carbons (Fsp3) is 0.429. The van der Waals surface area contributed by atoms with Crippen molar-refractivity contribution in [3.8, 4) is 0 Å². The van der Waals surface area contributed by atoms with Crippen molar-refractivity contribution in [2.24, 2.45) is 0 Å². The van der Waals surface area contributed by atoms with Gasteiger partial charge in [-0.2, -0.15) is 0 Å². The number of hydrogen-bond donors (Lipinski definition) is 1. The fourth-order valence-electron chi connectivity index (χ4n) is 1.58. The Balaban J connectivity index is 2.31. The van der Waals surface area contributed by atoms with Crippen LogP contribution in [-0.4, -0.2) is 19.8 Å². The molecule has 0 heterocycles. The second kappa shape index (κ2) is 8.40. The highest BCUT2D eigenvalue weighted by Gasteiger charge is 2.09. The Morgan fingerprint density at radius 3 is 2.94 bits per heavy atom. The van der Waals surface area contributed by atoms with Gasteiger partial charge in [-0.05, 0) is 31.0 Å². The van der Waals surface area contributed by atoms with Gasteiger partial charge in [-0.1, -0.05) is 28.1 Å². The lowest BCUT2D eigenvalue weighted by Gasteiger charge is -2.16. The summed E-state index contributed by atoms with van der Waals surface area (Å²) in [4.78, 5) is 0. The maximum Gasteiger partial charge on any atom is 0.124 e. The summed E-state index contributed by atoms with van der Waals surface area (Å²) in [6.45, 7) is 7.81. The molecule has 0 amide bonds. The van der Waals surface area contributed by atoms with E-state index in [1.165, 1.54) is 12.1 Å². The maximum absolute atomic E-state index is 13.0. The Bertz CT molecular complexity index is 384. The number of benzene rings is 1. The molecule has 100 valence electrons. The smallest absolute Gasteiger partial charge is 0.124 e. The van der Waals surface area contributed by atoms with Crippen molar-refractivity contribution < 1.29 is 9.13 Å². The second-order valence-corrected chi connectivity index (χ2v) is 4.89. The van der Waals surface area contributed by atoms with Crippen LogP contribution in [0.3, 0.4) is 0 Å². The van der Waals surface area contributed by atoms with Gasteiger partial charge in [0.1, 0.15) is 5.82 Å².